The van der Waals surface area contributed by atoms with Gasteiger partial charge in [0, 0.05) is 37.4 Å². The fourth-order valence-corrected chi connectivity index (χ4v) is 3.29. The first-order valence-electron chi connectivity index (χ1n) is 8.95. The van der Waals surface area contributed by atoms with E-state index in [1.165, 1.54) is 0 Å². The van der Waals surface area contributed by atoms with Gasteiger partial charge in [0.05, 0.1) is 0 Å². The number of amides is 1. The molecule has 1 amide bonds. The fraction of sp³-hybridized carbons (Fsp3) is 0.474. The molecule has 7 heteroatoms. The van der Waals surface area contributed by atoms with Gasteiger partial charge in [-0.3, -0.25) is 9.59 Å². The summed E-state index contributed by atoms with van der Waals surface area (Å²) in [5.41, 5.74) is 0.695. The third kappa shape index (κ3) is 4.16. The van der Waals surface area contributed by atoms with E-state index in [4.69, 9.17) is 5.11 Å². The van der Waals surface area contributed by atoms with Crippen molar-refractivity contribution in [2.24, 2.45) is 7.05 Å². The smallest absolute Gasteiger partial charge is 0.220 e. The average Bonchev–Trinajstić information content (AvgIpc) is 2.98. The van der Waals surface area contributed by atoms with E-state index in [1.807, 2.05) is 29.8 Å². The van der Waals surface area contributed by atoms with Gasteiger partial charge in [-0.05, 0) is 19.3 Å². The number of hydrogen-bond donors (Lipinski definition) is 2. The quantitative estimate of drug-likeness (QED) is 0.702. The summed E-state index contributed by atoms with van der Waals surface area (Å²) in [6, 6.07) is 9.30. The van der Waals surface area contributed by atoms with Crippen LogP contribution in [0.2, 0.25) is 0 Å². The lowest BCUT2D eigenvalue weighted by molar-refractivity contribution is -0.122. The highest BCUT2D eigenvalue weighted by atomic mass is 16.3. The van der Waals surface area contributed by atoms with E-state index in [0.717, 1.165) is 18.7 Å². The van der Waals surface area contributed by atoms with Crippen LogP contribution in [-0.4, -0.2) is 37.6 Å². The molecule has 2 aromatic rings. The van der Waals surface area contributed by atoms with Crippen LogP contribution in [0.4, 0.5) is 0 Å². The Morgan fingerprint density at radius 2 is 1.92 bits per heavy atom. The molecule has 7 nitrogen and oxygen atoms in total. The lowest BCUT2D eigenvalue weighted by Gasteiger charge is -2.35. The first kappa shape index (κ1) is 18.3. The lowest BCUT2D eigenvalue weighted by Crippen LogP contribution is -2.43. The number of carbonyl (C=O) groups is 2. The minimum absolute atomic E-state index is 0.0108. The highest BCUT2D eigenvalue weighted by Crippen LogP contribution is 2.35. The zero-order valence-electron chi connectivity index (χ0n) is 14.9. The molecular formula is C19H24N4O3. The molecule has 0 unspecified atom stereocenters. The summed E-state index contributed by atoms with van der Waals surface area (Å²) in [6.45, 7) is -0.127. The molecule has 1 aliphatic rings. The number of hydrogen-bond acceptors (Lipinski definition) is 5. The zero-order valence-corrected chi connectivity index (χ0v) is 14.9. The Kier molecular flexibility index (Phi) is 5.78. The first-order valence-corrected chi connectivity index (χ1v) is 8.95. The minimum Gasteiger partial charge on any atom is -0.388 e. The maximum atomic E-state index is 12.0. The number of aromatic nitrogens is 3. The number of nitrogens with zero attached hydrogens (tertiary/aromatic N) is 3. The maximum absolute atomic E-state index is 12.0. The van der Waals surface area contributed by atoms with Crippen LogP contribution in [-0.2, 0) is 18.4 Å². The number of aliphatic hydroxyl groups is 1. The molecule has 1 aliphatic carbocycles. The van der Waals surface area contributed by atoms with Crippen LogP contribution < -0.4 is 5.32 Å². The summed E-state index contributed by atoms with van der Waals surface area (Å²) in [6.07, 6.45) is 2.95. The molecule has 0 bridgehead atoms. The Morgan fingerprint density at radius 1 is 1.19 bits per heavy atom. The van der Waals surface area contributed by atoms with Crippen LogP contribution in [0.1, 0.15) is 60.0 Å². The molecule has 26 heavy (non-hydrogen) atoms. The van der Waals surface area contributed by atoms with Gasteiger partial charge in [-0.2, -0.15) is 0 Å². The average molecular weight is 356 g/mol. The van der Waals surface area contributed by atoms with Gasteiger partial charge in [0.25, 0.3) is 0 Å². The van der Waals surface area contributed by atoms with Crippen molar-refractivity contribution in [3.8, 4) is 0 Å². The number of Topliss-reactive ketones (excluding diaryl/α,β-unsaturated/α-hetero) is 1. The summed E-state index contributed by atoms with van der Waals surface area (Å²) in [4.78, 5) is 24.0. The predicted molar refractivity (Wildman–Crippen MR) is 95.5 cm³/mol. The molecule has 2 N–H and O–H groups in total. The van der Waals surface area contributed by atoms with Crippen molar-refractivity contribution in [3.05, 3.63) is 47.5 Å². The van der Waals surface area contributed by atoms with Crippen LogP contribution in [0.15, 0.2) is 30.3 Å². The monoisotopic (exact) mass is 356 g/mol. The summed E-state index contributed by atoms with van der Waals surface area (Å²) in [7, 11) is 1.84. The molecule has 3 rings (SSSR count). The summed E-state index contributed by atoms with van der Waals surface area (Å²) in [5.74, 6) is 1.73. The third-order valence-electron chi connectivity index (χ3n) is 4.91. The molecule has 0 aliphatic heterocycles. The van der Waals surface area contributed by atoms with Gasteiger partial charge < -0.3 is 15.0 Å². The van der Waals surface area contributed by atoms with E-state index >= 15 is 0 Å². The Bertz CT molecular complexity index is 766. The normalized spacial score (nSPS) is 19.0. The van der Waals surface area contributed by atoms with Gasteiger partial charge in [-0.15, -0.1) is 10.2 Å². The Labute approximate surface area is 152 Å². The maximum Gasteiger partial charge on any atom is 0.220 e. The molecule has 1 aromatic heterocycles. The standard InChI is InChI=1S/C19H24N4O3/c1-23-17(12-24)21-22-19(23)14-10-15(11-14)20-18(26)9-5-8-16(25)13-6-3-2-4-7-13/h2-4,6-7,14-15,24H,5,8-12H2,1H3,(H,20,26). The SMILES string of the molecule is Cn1c(CO)nnc1C1CC(NC(=O)CCCC(=O)c2ccccc2)C1. The Hall–Kier alpha value is -2.54. The van der Waals surface area contributed by atoms with Crippen molar-refractivity contribution in [1.82, 2.24) is 20.1 Å². The summed E-state index contributed by atoms with van der Waals surface area (Å²) in [5, 5.41) is 20.2. The second kappa shape index (κ2) is 8.23. The van der Waals surface area contributed by atoms with E-state index in [1.54, 1.807) is 12.1 Å². The van der Waals surface area contributed by atoms with Crippen LogP contribution in [0.3, 0.4) is 0 Å². The van der Waals surface area contributed by atoms with E-state index in [2.05, 4.69) is 15.5 Å². The molecule has 0 atom stereocenters. The molecular weight excluding hydrogens is 332 g/mol. The van der Waals surface area contributed by atoms with Crippen molar-refractivity contribution >= 4 is 11.7 Å². The molecule has 0 saturated heterocycles. The Morgan fingerprint density at radius 3 is 2.58 bits per heavy atom. The van der Waals surface area contributed by atoms with Crippen LogP contribution in [0, 0.1) is 0 Å². The van der Waals surface area contributed by atoms with Crippen LogP contribution in [0.5, 0.6) is 0 Å². The zero-order chi connectivity index (χ0) is 18.5. The molecule has 1 aromatic carbocycles. The van der Waals surface area contributed by atoms with E-state index < -0.39 is 0 Å². The largest absolute Gasteiger partial charge is 0.388 e. The van der Waals surface area contributed by atoms with Crippen molar-refractivity contribution in [1.29, 1.82) is 0 Å². The number of carbonyl (C=O) groups excluding carboxylic acids is 2. The van der Waals surface area contributed by atoms with Gasteiger partial charge in [0.15, 0.2) is 11.6 Å². The van der Waals surface area contributed by atoms with Crippen molar-refractivity contribution in [2.45, 2.75) is 50.7 Å². The van der Waals surface area contributed by atoms with Gasteiger partial charge >= 0.3 is 0 Å². The summed E-state index contributed by atoms with van der Waals surface area (Å²) >= 11 is 0. The van der Waals surface area contributed by atoms with Crippen LogP contribution >= 0.6 is 0 Å². The number of nitrogens with one attached hydrogen (secondary N) is 1. The lowest BCUT2D eigenvalue weighted by atomic mass is 9.79. The highest BCUT2D eigenvalue weighted by molar-refractivity contribution is 5.96. The molecule has 1 saturated carbocycles. The minimum atomic E-state index is -0.127. The number of rotatable bonds is 8. The van der Waals surface area contributed by atoms with Gasteiger partial charge in [0.2, 0.25) is 5.91 Å². The van der Waals surface area contributed by atoms with Crippen molar-refractivity contribution in [2.75, 3.05) is 0 Å². The highest BCUT2D eigenvalue weighted by Gasteiger charge is 2.34. The Balaban J connectivity index is 1.36. The number of benzene rings is 1. The number of aliphatic hydroxyl groups excluding tert-OH is 1. The van der Waals surface area contributed by atoms with Crippen LogP contribution in [0.25, 0.3) is 0 Å². The van der Waals surface area contributed by atoms with Gasteiger partial charge in [-0.1, -0.05) is 30.3 Å². The molecule has 138 valence electrons. The van der Waals surface area contributed by atoms with Gasteiger partial charge in [-0.25, -0.2) is 0 Å². The molecule has 0 radical (unpaired) electrons. The molecule has 0 spiro atoms. The topological polar surface area (TPSA) is 97.1 Å². The fourth-order valence-electron chi connectivity index (χ4n) is 3.29. The molecule has 1 heterocycles. The van der Waals surface area contributed by atoms with Gasteiger partial charge in [0.1, 0.15) is 12.4 Å². The predicted octanol–water partition coefficient (Wildman–Crippen LogP) is 1.72. The van der Waals surface area contributed by atoms with E-state index in [9.17, 15) is 9.59 Å². The van der Waals surface area contributed by atoms with E-state index in [0.29, 0.717) is 30.7 Å². The van der Waals surface area contributed by atoms with Crippen molar-refractivity contribution in [3.63, 3.8) is 0 Å². The van der Waals surface area contributed by atoms with E-state index in [-0.39, 0.29) is 30.3 Å². The second-order valence-corrected chi connectivity index (χ2v) is 6.77. The summed E-state index contributed by atoms with van der Waals surface area (Å²) < 4.78 is 1.82. The molecule has 1 fully saturated rings. The van der Waals surface area contributed by atoms with Crippen molar-refractivity contribution < 1.29 is 14.7 Å². The first-order chi connectivity index (χ1) is 12.6. The number of ketones is 1. The second-order valence-electron chi connectivity index (χ2n) is 6.77. The third-order valence-corrected chi connectivity index (χ3v) is 4.91.